The molecule has 138 valence electrons. The molecular formula is C19H16ClN3OS3. The molecule has 5 rings (SSSR count). The van der Waals surface area contributed by atoms with Gasteiger partial charge in [-0.05, 0) is 42.6 Å². The number of hydrogen-bond acceptors (Lipinski definition) is 6. The number of benzene rings is 1. The summed E-state index contributed by atoms with van der Waals surface area (Å²) in [6, 6.07) is 12.8. The molecule has 4 heterocycles. The van der Waals surface area contributed by atoms with Gasteiger partial charge >= 0.3 is 0 Å². The Bertz CT molecular complexity index is 1140. The van der Waals surface area contributed by atoms with Crippen LogP contribution in [0.2, 0.25) is 5.02 Å². The number of rotatable bonds is 4. The molecule has 0 amide bonds. The number of aromatic nitrogens is 2. The van der Waals surface area contributed by atoms with Crippen LogP contribution in [0, 0.1) is 4.84 Å². The normalized spacial score (nSPS) is 17.9. The van der Waals surface area contributed by atoms with Crippen LogP contribution in [0.15, 0.2) is 46.2 Å². The minimum atomic E-state index is 0.385. The van der Waals surface area contributed by atoms with Crippen molar-refractivity contribution in [1.82, 2.24) is 14.7 Å². The zero-order chi connectivity index (χ0) is 18.4. The van der Waals surface area contributed by atoms with E-state index in [1.54, 1.807) is 16.0 Å². The van der Waals surface area contributed by atoms with Crippen molar-refractivity contribution in [2.24, 2.45) is 0 Å². The molecule has 0 aliphatic carbocycles. The van der Waals surface area contributed by atoms with E-state index in [0.717, 1.165) is 21.5 Å². The maximum atomic E-state index is 6.57. The van der Waals surface area contributed by atoms with E-state index in [1.807, 2.05) is 29.5 Å². The third-order valence-corrected chi connectivity index (χ3v) is 7.82. The highest BCUT2D eigenvalue weighted by atomic mass is 35.5. The van der Waals surface area contributed by atoms with Gasteiger partial charge in [0.05, 0.1) is 11.7 Å². The first-order valence-electron chi connectivity index (χ1n) is 8.73. The molecule has 27 heavy (non-hydrogen) atoms. The van der Waals surface area contributed by atoms with Crippen molar-refractivity contribution >= 4 is 56.6 Å². The standard InChI is InChI=1S/C19H16ClN3OS3/c20-16-12-5-1-2-7-14(12)27-17(16)18-21-23(19(25)24-18)11-22-9-3-6-13(22)15-8-4-10-26-15/h1-2,4-5,7-8,10,13H,3,6,9,11H2. The summed E-state index contributed by atoms with van der Waals surface area (Å²) in [5, 5.41) is 8.48. The Morgan fingerprint density at radius 1 is 1.26 bits per heavy atom. The molecule has 0 saturated carbocycles. The predicted octanol–water partition coefficient (Wildman–Crippen LogP) is 6.60. The Kier molecular flexibility index (Phi) is 4.65. The minimum absolute atomic E-state index is 0.385. The van der Waals surface area contributed by atoms with E-state index < -0.39 is 0 Å². The van der Waals surface area contributed by atoms with Gasteiger partial charge in [-0.2, -0.15) is 0 Å². The minimum Gasteiger partial charge on any atom is -0.408 e. The maximum Gasteiger partial charge on any atom is 0.288 e. The largest absolute Gasteiger partial charge is 0.408 e. The predicted molar refractivity (Wildman–Crippen MR) is 114 cm³/mol. The Morgan fingerprint density at radius 3 is 2.96 bits per heavy atom. The SMILES string of the molecule is S=c1oc(-c2sc3ccccc3c2Cl)nn1CN1CCCC1c1cccs1. The lowest BCUT2D eigenvalue weighted by molar-refractivity contribution is 0.190. The smallest absolute Gasteiger partial charge is 0.288 e. The van der Waals surface area contributed by atoms with E-state index in [4.69, 9.17) is 28.2 Å². The van der Waals surface area contributed by atoms with Crippen LogP contribution in [0.25, 0.3) is 20.9 Å². The highest BCUT2D eigenvalue weighted by Gasteiger charge is 2.28. The van der Waals surface area contributed by atoms with Crippen LogP contribution in [0.5, 0.6) is 0 Å². The summed E-state index contributed by atoms with van der Waals surface area (Å²) < 4.78 is 8.71. The van der Waals surface area contributed by atoms with Crippen molar-refractivity contribution in [3.8, 4) is 10.8 Å². The summed E-state index contributed by atoms with van der Waals surface area (Å²) in [4.78, 5) is 5.03. The molecule has 1 aromatic carbocycles. The van der Waals surface area contributed by atoms with Crippen molar-refractivity contribution in [2.75, 3.05) is 6.54 Å². The average Bonchev–Trinajstić information content (AvgIpc) is 3.44. The molecule has 0 spiro atoms. The van der Waals surface area contributed by atoms with E-state index >= 15 is 0 Å². The molecule has 1 aliphatic rings. The first kappa shape index (κ1) is 17.6. The third-order valence-electron chi connectivity index (χ3n) is 4.89. The number of halogens is 1. The summed E-state index contributed by atoms with van der Waals surface area (Å²) in [6.45, 7) is 1.67. The van der Waals surface area contributed by atoms with Crippen molar-refractivity contribution in [3.63, 3.8) is 0 Å². The molecule has 8 heteroatoms. The van der Waals surface area contributed by atoms with Crippen molar-refractivity contribution in [2.45, 2.75) is 25.6 Å². The molecule has 1 saturated heterocycles. The zero-order valence-electron chi connectivity index (χ0n) is 14.3. The average molecular weight is 434 g/mol. The Hall–Kier alpha value is -1.51. The van der Waals surface area contributed by atoms with Gasteiger partial charge in [-0.25, -0.2) is 4.68 Å². The topological polar surface area (TPSA) is 34.2 Å². The fourth-order valence-electron chi connectivity index (χ4n) is 3.61. The molecule has 0 bridgehead atoms. The van der Waals surface area contributed by atoms with Gasteiger partial charge in [0.15, 0.2) is 0 Å². The van der Waals surface area contributed by atoms with E-state index in [0.29, 0.717) is 28.5 Å². The molecule has 4 aromatic rings. The van der Waals surface area contributed by atoms with Crippen molar-refractivity contribution < 1.29 is 4.42 Å². The van der Waals surface area contributed by atoms with Crippen LogP contribution in [0.1, 0.15) is 23.8 Å². The quantitative estimate of drug-likeness (QED) is 0.339. The van der Waals surface area contributed by atoms with E-state index in [9.17, 15) is 0 Å². The van der Waals surface area contributed by atoms with E-state index in [2.05, 4.69) is 33.6 Å². The van der Waals surface area contributed by atoms with Gasteiger partial charge in [-0.1, -0.05) is 35.9 Å². The molecule has 1 unspecified atom stereocenters. The van der Waals surface area contributed by atoms with E-state index in [1.165, 1.54) is 17.7 Å². The fraction of sp³-hybridized carbons (Fsp3) is 0.263. The highest BCUT2D eigenvalue weighted by Crippen LogP contribution is 2.41. The maximum absolute atomic E-state index is 6.57. The van der Waals surface area contributed by atoms with Gasteiger partial charge in [0.25, 0.3) is 10.7 Å². The van der Waals surface area contributed by atoms with Crippen molar-refractivity contribution in [1.29, 1.82) is 0 Å². The fourth-order valence-corrected chi connectivity index (χ4v) is 6.12. The Balaban J connectivity index is 1.46. The molecule has 0 radical (unpaired) electrons. The second-order valence-electron chi connectivity index (χ2n) is 6.54. The number of fused-ring (bicyclic) bond motifs is 1. The van der Waals surface area contributed by atoms with Gasteiger partial charge in [0.2, 0.25) is 0 Å². The van der Waals surface area contributed by atoms with Gasteiger partial charge in [0, 0.05) is 27.5 Å². The molecule has 1 atom stereocenters. The van der Waals surface area contributed by atoms with Gasteiger partial charge in [0.1, 0.15) is 4.88 Å². The van der Waals surface area contributed by atoms with Crippen LogP contribution >= 0.6 is 46.5 Å². The summed E-state index contributed by atoms with van der Waals surface area (Å²) in [6.07, 6.45) is 2.35. The van der Waals surface area contributed by atoms with Crippen LogP contribution in [0.4, 0.5) is 0 Å². The first-order chi connectivity index (χ1) is 13.2. The number of hydrogen-bond donors (Lipinski definition) is 0. The second-order valence-corrected chi connectivity index (χ2v) is 9.30. The first-order valence-corrected chi connectivity index (χ1v) is 11.2. The van der Waals surface area contributed by atoms with Crippen LogP contribution in [0.3, 0.4) is 0 Å². The molecule has 1 aliphatic heterocycles. The third kappa shape index (κ3) is 3.17. The van der Waals surface area contributed by atoms with E-state index in [-0.39, 0.29) is 0 Å². The van der Waals surface area contributed by atoms with Gasteiger partial charge in [-0.3, -0.25) is 4.90 Å². The second kappa shape index (κ2) is 7.14. The Morgan fingerprint density at radius 2 is 2.15 bits per heavy atom. The van der Waals surface area contributed by atoms with Crippen LogP contribution < -0.4 is 0 Å². The highest BCUT2D eigenvalue weighted by molar-refractivity contribution is 7.71. The van der Waals surface area contributed by atoms with Crippen molar-refractivity contribution in [3.05, 3.63) is 56.5 Å². The summed E-state index contributed by atoms with van der Waals surface area (Å²) in [5.74, 6) is 0.498. The lowest BCUT2D eigenvalue weighted by Crippen LogP contribution is -2.26. The molecular weight excluding hydrogens is 418 g/mol. The van der Waals surface area contributed by atoms with Crippen LogP contribution in [-0.4, -0.2) is 21.2 Å². The molecule has 0 N–H and O–H groups in total. The summed E-state index contributed by atoms with van der Waals surface area (Å²) in [7, 11) is 0. The summed E-state index contributed by atoms with van der Waals surface area (Å²) in [5.41, 5.74) is 0. The zero-order valence-corrected chi connectivity index (χ0v) is 17.5. The number of thiophene rings is 2. The Labute approximate surface area is 174 Å². The molecule has 3 aromatic heterocycles. The van der Waals surface area contributed by atoms with Gasteiger partial charge < -0.3 is 4.42 Å². The molecule has 1 fully saturated rings. The lowest BCUT2D eigenvalue weighted by Gasteiger charge is -2.22. The van der Waals surface area contributed by atoms with Crippen LogP contribution in [-0.2, 0) is 6.67 Å². The lowest BCUT2D eigenvalue weighted by atomic mass is 10.2. The number of likely N-dealkylation sites (tertiary alicyclic amines) is 1. The molecule has 4 nitrogen and oxygen atoms in total. The van der Waals surface area contributed by atoms with Gasteiger partial charge in [-0.15, -0.1) is 27.8 Å². The monoisotopic (exact) mass is 433 g/mol. The summed E-state index contributed by atoms with van der Waals surface area (Å²) >= 11 is 15.4. The number of nitrogens with zero attached hydrogens (tertiary/aromatic N) is 3.